The molecule has 0 aromatic carbocycles. The molecule has 0 spiro atoms. The van der Waals surface area contributed by atoms with Crippen LogP contribution in [0.2, 0.25) is 0 Å². The predicted octanol–water partition coefficient (Wildman–Crippen LogP) is 2.13. The maximum atomic E-state index is 6.05. The lowest BCUT2D eigenvalue weighted by Gasteiger charge is -2.51. The third-order valence-electron chi connectivity index (χ3n) is 6.88. The van der Waals surface area contributed by atoms with Crippen LogP contribution in [0.3, 0.4) is 0 Å². The van der Waals surface area contributed by atoms with E-state index < -0.39 is 0 Å². The van der Waals surface area contributed by atoms with Crippen LogP contribution >= 0.6 is 0 Å². The number of hydrogen-bond acceptors (Lipinski definition) is 6. The lowest BCUT2D eigenvalue weighted by atomic mass is 9.78. The van der Waals surface area contributed by atoms with E-state index in [4.69, 9.17) is 11.5 Å². The van der Waals surface area contributed by atoms with Crippen LogP contribution in [0.5, 0.6) is 0 Å². The van der Waals surface area contributed by atoms with Crippen molar-refractivity contribution in [3.05, 3.63) is 0 Å². The first kappa shape index (κ1) is 26.0. The summed E-state index contributed by atoms with van der Waals surface area (Å²) in [4.78, 5) is 5.32. The molecule has 0 aromatic rings. The molecule has 2 saturated heterocycles. The molecular weight excluding hydrogens is 372 g/mol. The van der Waals surface area contributed by atoms with E-state index in [1.807, 2.05) is 0 Å². The van der Waals surface area contributed by atoms with Gasteiger partial charge in [-0.15, -0.1) is 0 Å². The van der Waals surface area contributed by atoms with Crippen molar-refractivity contribution < 1.29 is 0 Å². The average Bonchev–Trinajstić information content (AvgIpc) is 2.51. The van der Waals surface area contributed by atoms with Gasteiger partial charge in [0.2, 0.25) is 0 Å². The summed E-state index contributed by atoms with van der Waals surface area (Å²) in [6.07, 6.45) is 4.67. The van der Waals surface area contributed by atoms with Gasteiger partial charge in [0.1, 0.15) is 0 Å². The van der Waals surface area contributed by atoms with Crippen LogP contribution in [-0.4, -0.2) is 83.3 Å². The zero-order valence-electron chi connectivity index (χ0n) is 21.3. The van der Waals surface area contributed by atoms with Gasteiger partial charge in [-0.05, 0) is 81.1 Å². The van der Waals surface area contributed by atoms with Crippen molar-refractivity contribution in [3.63, 3.8) is 0 Å². The molecule has 2 rings (SSSR count). The molecule has 178 valence electrons. The van der Waals surface area contributed by atoms with Crippen molar-refractivity contribution in [1.29, 1.82) is 0 Å². The highest BCUT2D eigenvalue weighted by Gasteiger charge is 2.41. The Morgan fingerprint density at radius 3 is 1.07 bits per heavy atom. The van der Waals surface area contributed by atoms with Crippen LogP contribution in [0.25, 0.3) is 0 Å². The summed E-state index contributed by atoms with van der Waals surface area (Å²) in [5, 5.41) is 7.64. The second-order valence-corrected chi connectivity index (χ2v) is 12.6. The fourth-order valence-electron chi connectivity index (χ4n) is 6.60. The Labute approximate surface area is 186 Å². The van der Waals surface area contributed by atoms with E-state index in [9.17, 15) is 0 Å². The van der Waals surface area contributed by atoms with Gasteiger partial charge in [-0.3, -0.25) is 9.80 Å². The van der Waals surface area contributed by atoms with E-state index in [1.165, 1.54) is 25.7 Å². The minimum absolute atomic E-state index is 0.152. The molecule has 0 unspecified atom stereocenters. The highest BCUT2D eigenvalue weighted by atomic mass is 15.3. The first-order valence-electron chi connectivity index (χ1n) is 12.1. The highest BCUT2D eigenvalue weighted by Crippen LogP contribution is 2.33. The summed E-state index contributed by atoms with van der Waals surface area (Å²) in [5.41, 5.74) is 12.7. The zero-order valence-corrected chi connectivity index (χ0v) is 21.3. The van der Waals surface area contributed by atoms with Gasteiger partial charge in [-0.1, -0.05) is 0 Å². The topological polar surface area (TPSA) is 82.6 Å². The lowest BCUT2D eigenvalue weighted by molar-refractivity contribution is 0.0373. The van der Waals surface area contributed by atoms with Crippen molar-refractivity contribution in [1.82, 2.24) is 20.4 Å². The summed E-state index contributed by atoms with van der Waals surface area (Å²) >= 11 is 0. The summed E-state index contributed by atoms with van der Waals surface area (Å²) in [6.45, 7) is 24.2. The van der Waals surface area contributed by atoms with E-state index in [0.717, 1.165) is 39.3 Å². The summed E-state index contributed by atoms with van der Waals surface area (Å²) in [6, 6.07) is 1.14. The van der Waals surface area contributed by atoms with E-state index in [2.05, 4.69) is 75.8 Å². The molecule has 0 atom stereocenters. The number of nitrogens with one attached hydrogen (secondary N) is 2. The molecule has 6 N–H and O–H groups in total. The maximum Gasteiger partial charge on any atom is 0.0145 e. The second-order valence-electron chi connectivity index (χ2n) is 12.6. The van der Waals surface area contributed by atoms with Crippen molar-refractivity contribution in [2.24, 2.45) is 11.5 Å². The van der Waals surface area contributed by atoms with Crippen molar-refractivity contribution in [2.45, 2.75) is 115 Å². The smallest absolute Gasteiger partial charge is 0.0145 e. The molecular formula is C24H52N6. The second kappa shape index (κ2) is 9.72. The Hall–Kier alpha value is -0.240. The minimum atomic E-state index is 0.152. The quantitative estimate of drug-likeness (QED) is 0.454. The first-order valence-corrected chi connectivity index (χ1v) is 12.1. The molecule has 6 nitrogen and oxygen atoms in total. The van der Waals surface area contributed by atoms with Gasteiger partial charge in [-0.2, -0.15) is 0 Å². The van der Waals surface area contributed by atoms with Crippen LogP contribution in [0.1, 0.15) is 81.1 Å². The Kier molecular flexibility index (Phi) is 8.43. The molecule has 0 radical (unpaired) electrons. The number of nitrogens with two attached hydrogens (primary N) is 2. The van der Waals surface area contributed by atoms with Gasteiger partial charge >= 0.3 is 0 Å². The van der Waals surface area contributed by atoms with Gasteiger partial charge in [0.05, 0.1) is 0 Å². The van der Waals surface area contributed by atoms with Crippen LogP contribution in [-0.2, 0) is 0 Å². The molecule has 2 heterocycles. The van der Waals surface area contributed by atoms with Gasteiger partial charge in [-0.25, -0.2) is 0 Å². The number of nitrogens with zero attached hydrogens (tertiary/aromatic N) is 2. The Balaban J connectivity index is 2.10. The maximum absolute atomic E-state index is 6.05. The fourth-order valence-corrected chi connectivity index (χ4v) is 6.60. The highest BCUT2D eigenvalue weighted by molar-refractivity contribution is 5.02. The van der Waals surface area contributed by atoms with Gasteiger partial charge < -0.3 is 22.1 Å². The van der Waals surface area contributed by atoms with Crippen LogP contribution < -0.4 is 22.1 Å². The van der Waals surface area contributed by atoms with E-state index in [0.29, 0.717) is 12.1 Å². The molecule has 2 aliphatic heterocycles. The zero-order chi connectivity index (χ0) is 22.8. The number of hydrogen-bond donors (Lipinski definition) is 4. The van der Waals surface area contributed by atoms with Crippen molar-refractivity contribution >= 4 is 0 Å². The molecule has 6 heteroatoms. The third-order valence-corrected chi connectivity index (χ3v) is 6.88. The molecule has 30 heavy (non-hydrogen) atoms. The number of piperidine rings is 2. The van der Waals surface area contributed by atoms with Gasteiger partial charge in [0.25, 0.3) is 0 Å². The molecule has 0 aromatic heterocycles. The van der Waals surface area contributed by atoms with E-state index in [1.54, 1.807) is 0 Å². The van der Waals surface area contributed by atoms with E-state index >= 15 is 0 Å². The summed E-state index contributed by atoms with van der Waals surface area (Å²) < 4.78 is 0. The third kappa shape index (κ3) is 7.72. The molecule has 0 bridgehead atoms. The molecule has 2 fully saturated rings. The largest absolute Gasteiger partial charge is 0.329 e. The lowest BCUT2D eigenvalue weighted by Crippen LogP contribution is -2.64. The van der Waals surface area contributed by atoms with Crippen LogP contribution in [0, 0.1) is 0 Å². The van der Waals surface area contributed by atoms with E-state index in [-0.39, 0.29) is 22.2 Å². The van der Waals surface area contributed by atoms with Crippen molar-refractivity contribution in [2.75, 3.05) is 39.3 Å². The molecule has 0 amide bonds. The Morgan fingerprint density at radius 2 is 0.833 bits per heavy atom. The fraction of sp³-hybridized carbons (Fsp3) is 1.00. The predicted molar refractivity (Wildman–Crippen MR) is 130 cm³/mol. The molecule has 2 aliphatic rings. The minimum Gasteiger partial charge on any atom is -0.329 e. The monoisotopic (exact) mass is 424 g/mol. The summed E-state index contributed by atoms with van der Waals surface area (Å²) in [5.74, 6) is 0. The Bertz CT molecular complexity index is 462. The summed E-state index contributed by atoms with van der Waals surface area (Å²) in [7, 11) is 0. The molecule has 0 saturated carbocycles. The van der Waals surface area contributed by atoms with Crippen LogP contribution in [0.4, 0.5) is 0 Å². The van der Waals surface area contributed by atoms with Gasteiger partial charge in [0, 0.05) is 73.5 Å². The number of rotatable bonds is 9. The average molecular weight is 425 g/mol. The SMILES string of the molecule is CC1(C)CC(N(CCN)CCN(CCN)C2CC(C)(C)NC(C)(C)C2)CC(C)(C)N1. The molecule has 0 aliphatic carbocycles. The standard InChI is InChI=1S/C24H52N6/c1-21(2)15-19(16-22(3,4)27-21)29(11-9-25)13-14-30(12-10-26)20-17-23(5,6)28-24(7,8)18-20/h19-20,27-28H,9-18,25-26H2,1-8H3. The van der Waals surface area contributed by atoms with Gasteiger partial charge in [0.15, 0.2) is 0 Å². The van der Waals surface area contributed by atoms with Crippen LogP contribution in [0.15, 0.2) is 0 Å². The normalized spacial score (nSPS) is 26.4. The van der Waals surface area contributed by atoms with Crippen molar-refractivity contribution in [3.8, 4) is 0 Å². The Morgan fingerprint density at radius 1 is 0.567 bits per heavy atom. The first-order chi connectivity index (χ1) is 13.7.